The van der Waals surface area contributed by atoms with Crippen molar-refractivity contribution in [2.75, 3.05) is 44.6 Å². The van der Waals surface area contributed by atoms with E-state index in [1.165, 1.54) is 19.3 Å². The summed E-state index contributed by atoms with van der Waals surface area (Å²) in [6.07, 6.45) is 9.54. The first-order chi connectivity index (χ1) is 19.6. The van der Waals surface area contributed by atoms with Gasteiger partial charge in [0.2, 0.25) is 0 Å². The molecular weight excluding hydrogens is 524 g/mol. The van der Waals surface area contributed by atoms with Crippen LogP contribution in [-0.4, -0.2) is 74.8 Å². The number of nitrogens with zero attached hydrogens (tertiary/aromatic N) is 6. The lowest BCUT2D eigenvalue weighted by Crippen LogP contribution is -2.44. The normalized spacial score (nSPS) is 16.9. The Kier molecular flexibility index (Phi) is 8.41. The maximum atomic E-state index is 6.90. The van der Waals surface area contributed by atoms with Crippen molar-refractivity contribution < 1.29 is 4.74 Å². The van der Waals surface area contributed by atoms with Crippen LogP contribution in [0.5, 0.6) is 5.75 Å². The van der Waals surface area contributed by atoms with Gasteiger partial charge in [-0.1, -0.05) is 30.9 Å². The summed E-state index contributed by atoms with van der Waals surface area (Å²) in [5.74, 6) is 2.27. The summed E-state index contributed by atoms with van der Waals surface area (Å²) in [4.78, 5) is 21.4. The summed E-state index contributed by atoms with van der Waals surface area (Å²) < 4.78 is 8.16. The Hall–Kier alpha value is -3.27. The van der Waals surface area contributed by atoms with Crippen LogP contribution in [0, 0.1) is 6.92 Å². The molecule has 9 nitrogen and oxygen atoms in total. The van der Waals surface area contributed by atoms with Crippen molar-refractivity contribution >= 4 is 28.6 Å². The maximum absolute atomic E-state index is 6.90. The number of halogens is 1. The lowest BCUT2D eigenvalue weighted by molar-refractivity contribution is 0.191. The lowest BCUT2D eigenvalue weighted by Gasteiger charge is -2.26. The topological polar surface area (TPSA) is 93.0 Å². The molecule has 1 saturated heterocycles. The predicted octanol–water partition coefficient (Wildman–Crippen LogP) is 4.93. The quantitative estimate of drug-likeness (QED) is 0.298. The highest BCUT2D eigenvalue weighted by Crippen LogP contribution is 2.34. The van der Waals surface area contributed by atoms with Crippen LogP contribution in [0.15, 0.2) is 42.9 Å². The Morgan fingerprint density at radius 2 is 1.90 bits per heavy atom. The Morgan fingerprint density at radius 1 is 1.05 bits per heavy atom. The van der Waals surface area contributed by atoms with E-state index in [1.54, 1.807) is 6.33 Å². The second kappa shape index (κ2) is 12.5. The van der Waals surface area contributed by atoms with E-state index in [4.69, 9.17) is 21.3 Å². The summed E-state index contributed by atoms with van der Waals surface area (Å²) >= 11 is 6.90. The number of imidazole rings is 1. The molecule has 0 bridgehead atoms. The number of anilines is 1. The van der Waals surface area contributed by atoms with Gasteiger partial charge in [-0.15, -0.1) is 0 Å². The number of aromatic nitrogens is 5. The van der Waals surface area contributed by atoms with Gasteiger partial charge >= 0.3 is 0 Å². The molecule has 2 N–H and O–H groups in total. The summed E-state index contributed by atoms with van der Waals surface area (Å²) in [5, 5.41) is 7.63. The van der Waals surface area contributed by atoms with E-state index < -0.39 is 0 Å². The van der Waals surface area contributed by atoms with Gasteiger partial charge in [0.15, 0.2) is 17.0 Å². The average Bonchev–Trinajstić information content (AvgIpc) is 3.33. The van der Waals surface area contributed by atoms with Crippen LogP contribution < -0.4 is 15.4 Å². The summed E-state index contributed by atoms with van der Waals surface area (Å²) in [5.41, 5.74) is 4.43. The molecule has 0 amide bonds. The Balaban J connectivity index is 1.31. The molecule has 0 spiro atoms. The van der Waals surface area contributed by atoms with Crippen molar-refractivity contribution in [1.82, 2.24) is 34.7 Å². The second-order valence-electron chi connectivity index (χ2n) is 10.8. The fraction of sp³-hybridized carbons (Fsp3) is 0.467. The van der Waals surface area contributed by atoms with Gasteiger partial charge in [0.1, 0.15) is 24.5 Å². The van der Waals surface area contributed by atoms with Gasteiger partial charge in [-0.2, -0.15) is 0 Å². The van der Waals surface area contributed by atoms with Gasteiger partial charge in [0, 0.05) is 50.5 Å². The number of nitrogens with one attached hydrogen (secondary N) is 2. The zero-order valence-electron chi connectivity index (χ0n) is 23.1. The molecule has 40 heavy (non-hydrogen) atoms. The minimum atomic E-state index is 0.403. The molecule has 1 aliphatic carbocycles. The molecule has 2 aliphatic rings. The van der Waals surface area contributed by atoms with E-state index in [0.29, 0.717) is 24.2 Å². The monoisotopic (exact) mass is 560 g/mol. The molecule has 0 unspecified atom stereocenters. The van der Waals surface area contributed by atoms with Crippen molar-refractivity contribution in [3.05, 3.63) is 59.1 Å². The Labute approximate surface area is 240 Å². The van der Waals surface area contributed by atoms with Gasteiger partial charge in [-0.25, -0.2) is 15.0 Å². The third kappa shape index (κ3) is 6.22. The molecule has 4 heterocycles. The largest absolute Gasteiger partial charge is 0.492 e. The van der Waals surface area contributed by atoms with Crippen LogP contribution >= 0.6 is 11.6 Å². The Morgan fingerprint density at radius 3 is 2.70 bits per heavy atom. The third-order valence-electron chi connectivity index (χ3n) is 7.84. The van der Waals surface area contributed by atoms with Crippen LogP contribution in [0.2, 0.25) is 5.02 Å². The highest BCUT2D eigenvalue weighted by Gasteiger charge is 2.22. The lowest BCUT2D eigenvalue weighted by atomic mass is 9.95. The molecule has 1 aromatic carbocycles. The molecule has 3 aromatic heterocycles. The van der Waals surface area contributed by atoms with Gasteiger partial charge in [-0.3, -0.25) is 9.88 Å². The number of rotatable bonds is 9. The molecule has 4 aromatic rings. The summed E-state index contributed by atoms with van der Waals surface area (Å²) in [6, 6.07) is 10.3. The molecule has 10 heteroatoms. The molecular formula is C30H37ClN8O. The number of benzene rings is 1. The van der Waals surface area contributed by atoms with Crippen molar-refractivity contribution in [1.29, 1.82) is 0 Å². The van der Waals surface area contributed by atoms with Gasteiger partial charge in [0.25, 0.3) is 0 Å². The smallest absolute Gasteiger partial charge is 0.166 e. The van der Waals surface area contributed by atoms with E-state index in [1.807, 2.05) is 30.5 Å². The minimum absolute atomic E-state index is 0.403. The number of pyridine rings is 1. The second-order valence-corrected chi connectivity index (χ2v) is 11.2. The standard InChI is InChI=1S/C30H37ClN8O/c1-21-9-10-33-23(17-21)19-39-29(37-27-28(34-20-35-30(27)39)36-22-5-3-2-4-6-22)25-8-7-24(18-26(25)31)40-16-15-38-13-11-32-12-14-38/h7-10,17-18,20,22,32H,2-6,11-16,19H2,1H3,(H,34,35,36). The van der Waals surface area contributed by atoms with E-state index in [9.17, 15) is 0 Å². The first-order valence-electron chi connectivity index (χ1n) is 14.4. The summed E-state index contributed by atoms with van der Waals surface area (Å²) in [6.45, 7) is 8.28. The molecule has 210 valence electrons. The van der Waals surface area contributed by atoms with E-state index >= 15 is 0 Å². The zero-order chi connectivity index (χ0) is 27.3. The van der Waals surface area contributed by atoms with Crippen molar-refractivity contribution in [2.24, 2.45) is 0 Å². The number of piperazine rings is 1. The van der Waals surface area contributed by atoms with E-state index in [-0.39, 0.29) is 0 Å². The van der Waals surface area contributed by atoms with Crippen LogP contribution in [0.3, 0.4) is 0 Å². The minimum Gasteiger partial charge on any atom is -0.492 e. The van der Waals surface area contributed by atoms with Crippen LogP contribution in [0.1, 0.15) is 43.4 Å². The highest BCUT2D eigenvalue weighted by atomic mass is 35.5. The van der Waals surface area contributed by atoms with Crippen molar-refractivity contribution in [2.45, 2.75) is 51.6 Å². The third-order valence-corrected chi connectivity index (χ3v) is 8.15. The number of hydrogen-bond donors (Lipinski definition) is 2. The van der Waals surface area contributed by atoms with Crippen molar-refractivity contribution in [3.8, 4) is 17.1 Å². The maximum Gasteiger partial charge on any atom is 0.166 e. The zero-order valence-corrected chi connectivity index (χ0v) is 23.8. The number of ether oxygens (including phenoxy) is 1. The predicted molar refractivity (Wildman–Crippen MR) is 159 cm³/mol. The molecule has 1 saturated carbocycles. The molecule has 0 radical (unpaired) electrons. The number of fused-ring (bicyclic) bond motifs is 1. The van der Waals surface area contributed by atoms with Crippen LogP contribution in [0.25, 0.3) is 22.6 Å². The van der Waals surface area contributed by atoms with Crippen LogP contribution in [-0.2, 0) is 6.54 Å². The fourth-order valence-corrected chi connectivity index (χ4v) is 5.93. The summed E-state index contributed by atoms with van der Waals surface area (Å²) in [7, 11) is 0. The van der Waals surface area contributed by atoms with Gasteiger partial charge in [-0.05, 0) is 55.7 Å². The fourth-order valence-electron chi connectivity index (χ4n) is 5.68. The molecule has 0 atom stereocenters. The molecule has 6 rings (SSSR count). The van der Waals surface area contributed by atoms with Gasteiger partial charge in [0.05, 0.1) is 17.3 Å². The first kappa shape index (κ1) is 26.9. The first-order valence-corrected chi connectivity index (χ1v) is 14.8. The molecule has 1 aliphatic heterocycles. The SMILES string of the molecule is Cc1ccnc(Cn2c(-c3ccc(OCCN4CCNCC4)cc3Cl)nc3c(NC4CCCCC4)ncnc32)c1. The van der Waals surface area contributed by atoms with E-state index in [2.05, 4.69) is 48.0 Å². The highest BCUT2D eigenvalue weighted by molar-refractivity contribution is 6.33. The van der Waals surface area contributed by atoms with Gasteiger partial charge < -0.3 is 19.9 Å². The van der Waals surface area contributed by atoms with Crippen LogP contribution in [0.4, 0.5) is 5.82 Å². The molecule has 2 fully saturated rings. The van der Waals surface area contributed by atoms with E-state index in [0.717, 1.165) is 90.9 Å². The number of hydrogen-bond acceptors (Lipinski definition) is 8. The van der Waals surface area contributed by atoms with Crippen molar-refractivity contribution in [3.63, 3.8) is 0 Å². The number of aryl methyl sites for hydroxylation is 1. The Bertz CT molecular complexity index is 1450. The average molecular weight is 561 g/mol.